The minimum Gasteiger partial charge on any atom is -0.382 e. The largest absolute Gasteiger partial charge is 0.382 e. The van der Waals surface area contributed by atoms with Gasteiger partial charge in [-0.3, -0.25) is 4.68 Å². The standard InChI is InChI=1S/C13H21N3/c1-9(2)10(3)15-11(4)12-7-14-16(8-12)13-5-6-13/h7-10,13,15H,4-6H2,1-3H3/t10-/m1/s1. The lowest BCUT2D eigenvalue weighted by Crippen LogP contribution is -2.28. The molecule has 0 spiro atoms. The zero-order chi connectivity index (χ0) is 11.7. The van der Waals surface area contributed by atoms with E-state index in [4.69, 9.17) is 0 Å². The van der Waals surface area contributed by atoms with Gasteiger partial charge in [0.2, 0.25) is 0 Å². The second-order valence-corrected chi connectivity index (χ2v) is 5.10. The lowest BCUT2D eigenvalue weighted by molar-refractivity contribution is 0.481. The number of hydrogen-bond acceptors (Lipinski definition) is 2. The topological polar surface area (TPSA) is 29.9 Å². The molecule has 1 aromatic rings. The van der Waals surface area contributed by atoms with Crippen molar-refractivity contribution < 1.29 is 0 Å². The summed E-state index contributed by atoms with van der Waals surface area (Å²) in [6, 6.07) is 1.08. The third-order valence-corrected chi connectivity index (χ3v) is 3.27. The fourth-order valence-electron chi connectivity index (χ4n) is 1.56. The first-order valence-electron chi connectivity index (χ1n) is 6.08. The van der Waals surface area contributed by atoms with E-state index >= 15 is 0 Å². The molecule has 0 aromatic carbocycles. The molecule has 0 amide bonds. The molecule has 3 nitrogen and oxygen atoms in total. The van der Waals surface area contributed by atoms with Crippen molar-refractivity contribution in [3.8, 4) is 0 Å². The third-order valence-electron chi connectivity index (χ3n) is 3.27. The normalized spacial score (nSPS) is 17.5. The molecule has 0 radical (unpaired) electrons. The summed E-state index contributed by atoms with van der Waals surface area (Å²) in [5.41, 5.74) is 2.09. The van der Waals surface area contributed by atoms with Crippen LogP contribution in [0.1, 0.15) is 45.2 Å². The Bertz CT molecular complexity index is 374. The molecule has 1 atom stereocenters. The first-order chi connectivity index (χ1) is 7.58. The Hall–Kier alpha value is -1.25. The fourth-order valence-corrected chi connectivity index (χ4v) is 1.56. The summed E-state index contributed by atoms with van der Waals surface area (Å²) < 4.78 is 2.06. The van der Waals surface area contributed by atoms with E-state index in [1.807, 2.05) is 6.20 Å². The summed E-state index contributed by atoms with van der Waals surface area (Å²) in [5.74, 6) is 0.607. The van der Waals surface area contributed by atoms with Crippen molar-refractivity contribution in [2.45, 2.75) is 45.7 Å². The fraction of sp³-hybridized carbons (Fsp3) is 0.615. The molecular weight excluding hydrogens is 198 g/mol. The Kier molecular flexibility index (Phi) is 3.03. The van der Waals surface area contributed by atoms with Gasteiger partial charge in [0.1, 0.15) is 0 Å². The molecule has 1 aliphatic rings. The summed E-state index contributed by atoms with van der Waals surface area (Å²) in [4.78, 5) is 0. The van der Waals surface area contributed by atoms with E-state index in [2.05, 4.69) is 48.6 Å². The van der Waals surface area contributed by atoms with Gasteiger partial charge in [-0.25, -0.2) is 0 Å². The van der Waals surface area contributed by atoms with E-state index in [0.29, 0.717) is 18.0 Å². The Balaban J connectivity index is 1.97. The van der Waals surface area contributed by atoms with Crippen LogP contribution in [0.4, 0.5) is 0 Å². The van der Waals surface area contributed by atoms with Crippen LogP contribution < -0.4 is 5.32 Å². The van der Waals surface area contributed by atoms with E-state index in [1.54, 1.807) is 0 Å². The van der Waals surface area contributed by atoms with E-state index in [9.17, 15) is 0 Å². The predicted molar refractivity (Wildman–Crippen MR) is 67.0 cm³/mol. The molecule has 1 aromatic heterocycles. The number of nitrogens with zero attached hydrogens (tertiary/aromatic N) is 2. The SMILES string of the molecule is C=C(N[C@H](C)C(C)C)c1cnn(C2CC2)c1. The summed E-state index contributed by atoms with van der Waals surface area (Å²) in [7, 11) is 0. The van der Waals surface area contributed by atoms with Crippen molar-refractivity contribution in [2.75, 3.05) is 0 Å². The Morgan fingerprint density at radius 2 is 2.19 bits per heavy atom. The van der Waals surface area contributed by atoms with Gasteiger partial charge in [0.15, 0.2) is 0 Å². The lowest BCUT2D eigenvalue weighted by atomic mass is 10.1. The Morgan fingerprint density at radius 3 is 2.75 bits per heavy atom. The minimum atomic E-state index is 0.441. The van der Waals surface area contributed by atoms with Gasteiger partial charge >= 0.3 is 0 Å². The van der Waals surface area contributed by atoms with Crippen LogP contribution in [0, 0.1) is 5.92 Å². The third kappa shape index (κ3) is 2.46. The number of rotatable bonds is 5. The first kappa shape index (κ1) is 11.2. The molecule has 0 aliphatic heterocycles. The molecule has 2 rings (SSSR count). The van der Waals surface area contributed by atoms with Gasteiger partial charge in [0.05, 0.1) is 12.2 Å². The van der Waals surface area contributed by atoms with Gasteiger partial charge in [0.25, 0.3) is 0 Å². The van der Waals surface area contributed by atoms with Gasteiger partial charge in [-0.2, -0.15) is 5.10 Å². The maximum atomic E-state index is 4.37. The quantitative estimate of drug-likeness (QED) is 0.825. The van der Waals surface area contributed by atoms with Crippen molar-refractivity contribution >= 4 is 5.70 Å². The van der Waals surface area contributed by atoms with Crippen LogP contribution in [0.25, 0.3) is 5.70 Å². The average molecular weight is 219 g/mol. The molecule has 0 unspecified atom stereocenters. The molecule has 0 bridgehead atoms. The van der Waals surface area contributed by atoms with Crippen LogP contribution in [0.2, 0.25) is 0 Å². The van der Waals surface area contributed by atoms with Crippen molar-refractivity contribution in [1.29, 1.82) is 0 Å². The van der Waals surface area contributed by atoms with Crippen LogP contribution >= 0.6 is 0 Å². The highest BCUT2D eigenvalue weighted by Crippen LogP contribution is 2.34. The van der Waals surface area contributed by atoms with Crippen LogP contribution in [0.3, 0.4) is 0 Å². The summed E-state index contributed by atoms with van der Waals surface area (Å²) >= 11 is 0. The molecular formula is C13H21N3. The second kappa shape index (κ2) is 4.32. The lowest BCUT2D eigenvalue weighted by Gasteiger charge is -2.19. The maximum Gasteiger partial charge on any atom is 0.0583 e. The minimum absolute atomic E-state index is 0.441. The Labute approximate surface area is 97.5 Å². The smallest absolute Gasteiger partial charge is 0.0583 e. The van der Waals surface area contributed by atoms with Crippen molar-refractivity contribution in [1.82, 2.24) is 15.1 Å². The summed E-state index contributed by atoms with van der Waals surface area (Å²) in [5, 5.41) is 7.79. The Morgan fingerprint density at radius 1 is 1.50 bits per heavy atom. The first-order valence-corrected chi connectivity index (χ1v) is 6.08. The highest BCUT2D eigenvalue weighted by molar-refractivity contribution is 5.60. The number of nitrogens with one attached hydrogen (secondary N) is 1. The summed E-state index contributed by atoms with van der Waals surface area (Å²) in [6.07, 6.45) is 6.54. The zero-order valence-corrected chi connectivity index (χ0v) is 10.4. The van der Waals surface area contributed by atoms with Gasteiger partial charge in [-0.15, -0.1) is 0 Å². The maximum absolute atomic E-state index is 4.37. The van der Waals surface area contributed by atoms with Gasteiger partial charge in [-0.05, 0) is 25.7 Å². The molecule has 1 fully saturated rings. The van der Waals surface area contributed by atoms with E-state index in [0.717, 1.165) is 11.3 Å². The average Bonchev–Trinajstić information content (AvgIpc) is 2.96. The van der Waals surface area contributed by atoms with Crippen molar-refractivity contribution in [2.24, 2.45) is 5.92 Å². The van der Waals surface area contributed by atoms with Gasteiger partial charge in [-0.1, -0.05) is 20.4 Å². The molecule has 0 saturated heterocycles. The van der Waals surface area contributed by atoms with E-state index < -0.39 is 0 Å². The molecule has 88 valence electrons. The molecule has 1 aliphatic carbocycles. The predicted octanol–water partition coefficient (Wildman–Crippen LogP) is 2.82. The van der Waals surface area contributed by atoms with E-state index in [-0.39, 0.29) is 0 Å². The molecule has 1 saturated carbocycles. The van der Waals surface area contributed by atoms with Crippen LogP contribution in [0.15, 0.2) is 19.0 Å². The van der Waals surface area contributed by atoms with Crippen molar-refractivity contribution in [3.05, 3.63) is 24.5 Å². The van der Waals surface area contributed by atoms with Gasteiger partial charge < -0.3 is 5.32 Å². The number of aromatic nitrogens is 2. The molecule has 1 N–H and O–H groups in total. The van der Waals surface area contributed by atoms with Gasteiger partial charge in [0, 0.05) is 23.5 Å². The highest BCUT2D eigenvalue weighted by Gasteiger charge is 2.24. The van der Waals surface area contributed by atoms with Crippen LogP contribution in [-0.2, 0) is 0 Å². The van der Waals surface area contributed by atoms with E-state index in [1.165, 1.54) is 12.8 Å². The molecule has 3 heteroatoms. The molecule has 1 heterocycles. The number of hydrogen-bond donors (Lipinski definition) is 1. The monoisotopic (exact) mass is 219 g/mol. The highest BCUT2D eigenvalue weighted by atomic mass is 15.3. The molecule has 16 heavy (non-hydrogen) atoms. The van der Waals surface area contributed by atoms with Crippen LogP contribution in [0.5, 0.6) is 0 Å². The summed E-state index contributed by atoms with van der Waals surface area (Å²) in [6.45, 7) is 10.7. The van der Waals surface area contributed by atoms with Crippen molar-refractivity contribution in [3.63, 3.8) is 0 Å². The zero-order valence-electron chi connectivity index (χ0n) is 10.4. The van der Waals surface area contributed by atoms with Crippen LogP contribution in [-0.4, -0.2) is 15.8 Å². The second-order valence-electron chi connectivity index (χ2n) is 5.10.